The highest BCUT2D eigenvalue weighted by molar-refractivity contribution is 5.68. The van der Waals surface area contributed by atoms with Crippen LogP contribution in [0.15, 0.2) is 0 Å². The molecule has 1 rings (SSSR count). The Morgan fingerprint density at radius 2 is 1.95 bits per heavy atom. The molecule has 0 aromatic rings. The third-order valence-electron chi connectivity index (χ3n) is 2.95. The molecule has 4 nitrogen and oxygen atoms in total. The summed E-state index contributed by atoms with van der Waals surface area (Å²) in [5.41, 5.74) is 5.11. The lowest BCUT2D eigenvalue weighted by Gasteiger charge is -2.37. The Morgan fingerprint density at radius 3 is 2.37 bits per heavy atom. The lowest BCUT2D eigenvalue weighted by atomic mass is 9.89. The topological polar surface area (TPSA) is 55.6 Å². The van der Waals surface area contributed by atoms with Crippen LogP contribution in [0, 0.1) is 5.92 Å². The van der Waals surface area contributed by atoms with Crippen molar-refractivity contribution in [1.82, 2.24) is 4.90 Å². The number of nitrogens with two attached hydrogens (primary N) is 1. The van der Waals surface area contributed by atoms with Gasteiger partial charge in [-0.2, -0.15) is 13.2 Å². The average molecular weight is 282 g/mol. The molecule has 19 heavy (non-hydrogen) atoms. The largest absolute Gasteiger partial charge is 0.444 e. The molecule has 0 aliphatic carbocycles. The van der Waals surface area contributed by atoms with Crippen LogP contribution in [0.2, 0.25) is 0 Å². The van der Waals surface area contributed by atoms with Crippen molar-refractivity contribution in [2.75, 3.05) is 13.1 Å². The Labute approximate surface area is 111 Å². The van der Waals surface area contributed by atoms with Gasteiger partial charge in [0.1, 0.15) is 5.60 Å². The van der Waals surface area contributed by atoms with Gasteiger partial charge in [0.15, 0.2) is 0 Å². The van der Waals surface area contributed by atoms with Crippen LogP contribution in [0.4, 0.5) is 18.0 Å². The summed E-state index contributed by atoms with van der Waals surface area (Å²) in [6, 6.07) is -0.664. The van der Waals surface area contributed by atoms with E-state index in [0.29, 0.717) is 0 Å². The number of carbonyl (C=O) groups is 1. The van der Waals surface area contributed by atoms with Gasteiger partial charge < -0.3 is 15.4 Å². The fourth-order valence-electron chi connectivity index (χ4n) is 2.07. The molecule has 1 aliphatic heterocycles. The highest BCUT2D eigenvalue weighted by Gasteiger charge is 2.38. The van der Waals surface area contributed by atoms with Gasteiger partial charge in [-0.15, -0.1) is 0 Å². The smallest absolute Gasteiger partial charge is 0.410 e. The van der Waals surface area contributed by atoms with Crippen molar-refractivity contribution in [3.05, 3.63) is 0 Å². The third kappa shape index (κ3) is 5.67. The number of rotatable bonds is 1. The van der Waals surface area contributed by atoms with Gasteiger partial charge in [0, 0.05) is 25.6 Å². The molecule has 1 saturated heterocycles. The predicted octanol–water partition coefficient (Wildman–Crippen LogP) is 2.52. The van der Waals surface area contributed by atoms with Crippen molar-refractivity contribution in [3.63, 3.8) is 0 Å². The first-order valence-electron chi connectivity index (χ1n) is 6.28. The summed E-state index contributed by atoms with van der Waals surface area (Å²) in [4.78, 5) is 13.2. The van der Waals surface area contributed by atoms with E-state index in [-0.39, 0.29) is 19.5 Å². The molecule has 0 bridgehead atoms. The maximum atomic E-state index is 12.3. The molecule has 1 fully saturated rings. The van der Waals surface area contributed by atoms with Crippen LogP contribution in [-0.2, 0) is 4.74 Å². The van der Waals surface area contributed by atoms with E-state index < -0.39 is 36.3 Å². The predicted molar refractivity (Wildman–Crippen MR) is 64.6 cm³/mol. The summed E-state index contributed by atoms with van der Waals surface area (Å²) in [5, 5.41) is 0. The highest BCUT2D eigenvalue weighted by Crippen LogP contribution is 2.30. The van der Waals surface area contributed by atoms with Crippen LogP contribution < -0.4 is 5.73 Å². The molecule has 112 valence electrons. The van der Waals surface area contributed by atoms with Crippen molar-refractivity contribution in [1.29, 1.82) is 0 Å². The Kier molecular flexibility index (Phi) is 4.71. The quantitative estimate of drug-likeness (QED) is 0.804. The minimum Gasteiger partial charge on any atom is -0.444 e. The number of piperidine rings is 1. The Morgan fingerprint density at radius 1 is 1.37 bits per heavy atom. The second-order valence-corrected chi connectivity index (χ2v) is 5.96. The van der Waals surface area contributed by atoms with E-state index >= 15 is 0 Å². The molecule has 0 radical (unpaired) electrons. The van der Waals surface area contributed by atoms with E-state index in [9.17, 15) is 18.0 Å². The SMILES string of the molecule is CC(C)(C)OC(=O)N1CCC(CC(F)(F)F)C(N)C1. The molecule has 1 heterocycles. The zero-order chi connectivity index (χ0) is 14.8. The van der Waals surface area contributed by atoms with Gasteiger partial charge in [0.2, 0.25) is 0 Å². The molecule has 0 saturated carbocycles. The normalized spacial score (nSPS) is 25.3. The minimum absolute atomic E-state index is 0.107. The highest BCUT2D eigenvalue weighted by atomic mass is 19.4. The molecular formula is C12H21F3N2O2. The molecular weight excluding hydrogens is 261 g/mol. The minimum atomic E-state index is -4.21. The van der Waals surface area contributed by atoms with E-state index in [0.717, 1.165) is 0 Å². The summed E-state index contributed by atoms with van der Waals surface area (Å²) in [6.45, 7) is 5.57. The summed E-state index contributed by atoms with van der Waals surface area (Å²) < 4.78 is 42.2. The van der Waals surface area contributed by atoms with Crippen molar-refractivity contribution >= 4 is 6.09 Å². The molecule has 2 N–H and O–H groups in total. The van der Waals surface area contributed by atoms with Gasteiger partial charge in [0.05, 0.1) is 0 Å². The standard InChI is InChI=1S/C12H21F3N2O2/c1-11(2,3)19-10(18)17-5-4-8(9(16)7-17)6-12(13,14)15/h8-9H,4-7,16H2,1-3H3. The van der Waals surface area contributed by atoms with E-state index in [4.69, 9.17) is 10.5 Å². The van der Waals surface area contributed by atoms with Gasteiger partial charge in [-0.1, -0.05) is 0 Å². The van der Waals surface area contributed by atoms with Crippen LogP contribution in [-0.4, -0.2) is 41.9 Å². The van der Waals surface area contributed by atoms with Gasteiger partial charge >= 0.3 is 12.3 Å². The van der Waals surface area contributed by atoms with E-state index in [1.54, 1.807) is 20.8 Å². The van der Waals surface area contributed by atoms with Crippen LogP contribution in [0.5, 0.6) is 0 Å². The van der Waals surface area contributed by atoms with Crippen molar-refractivity contribution in [3.8, 4) is 0 Å². The summed E-state index contributed by atoms with van der Waals surface area (Å²) in [6.07, 6.45) is -5.37. The first-order chi connectivity index (χ1) is 8.48. The average Bonchev–Trinajstić information content (AvgIpc) is 2.16. The number of alkyl halides is 3. The zero-order valence-electron chi connectivity index (χ0n) is 11.5. The van der Waals surface area contributed by atoms with Crippen molar-refractivity contribution in [2.45, 2.75) is 51.4 Å². The fourth-order valence-corrected chi connectivity index (χ4v) is 2.07. The molecule has 0 aromatic heterocycles. The van der Waals surface area contributed by atoms with Crippen LogP contribution in [0.25, 0.3) is 0 Å². The van der Waals surface area contributed by atoms with Gasteiger partial charge in [-0.05, 0) is 33.1 Å². The maximum absolute atomic E-state index is 12.3. The monoisotopic (exact) mass is 282 g/mol. The first-order valence-corrected chi connectivity index (χ1v) is 6.28. The number of carbonyl (C=O) groups excluding carboxylic acids is 1. The van der Waals surface area contributed by atoms with E-state index in [1.165, 1.54) is 4.90 Å². The maximum Gasteiger partial charge on any atom is 0.410 e. The van der Waals surface area contributed by atoms with Crippen LogP contribution in [0.1, 0.15) is 33.6 Å². The molecule has 2 unspecified atom stereocenters. The number of nitrogens with zero attached hydrogens (tertiary/aromatic N) is 1. The molecule has 0 spiro atoms. The van der Waals surface area contributed by atoms with Gasteiger partial charge in [-0.25, -0.2) is 4.79 Å². The molecule has 0 aromatic carbocycles. The van der Waals surface area contributed by atoms with Gasteiger partial charge in [-0.3, -0.25) is 0 Å². The fraction of sp³-hybridized carbons (Fsp3) is 0.917. The number of hydrogen-bond donors (Lipinski definition) is 1. The number of likely N-dealkylation sites (tertiary alicyclic amines) is 1. The summed E-state index contributed by atoms with van der Waals surface area (Å²) >= 11 is 0. The number of hydrogen-bond acceptors (Lipinski definition) is 3. The Balaban J connectivity index is 2.52. The Bertz CT molecular complexity index is 326. The van der Waals surface area contributed by atoms with E-state index in [2.05, 4.69) is 0 Å². The summed E-state index contributed by atoms with van der Waals surface area (Å²) in [5.74, 6) is -0.626. The second kappa shape index (κ2) is 5.56. The van der Waals surface area contributed by atoms with Crippen LogP contribution in [0.3, 0.4) is 0 Å². The van der Waals surface area contributed by atoms with Gasteiger partial charge in [0.25, 0.3) is 0 Å². The number of ether oxygens (including phenoxy) is 1. The zero-order valence-corrected chi connectivity index (χ0v) is 11.5. The number of amides is 1. The third-order valence-corrected chi connectivity index (χ3v) is 2.95. The molecule has 7 heteroatoms. The lowest BCUT2D eigenvalue weighted by Crippen LogP contribution is -2.52. The second-order valence-electron chi connectivity index (χ2n) is 5.96. The Hall–Kier alpha value is -0.980. The molecule has 2 atom stereocenters. The number of halogens is 3. The molecule has 1 amide bonds. The van der Waals surface area contributed by atoms with Crippen molar-refractivity contribution in [2.24, 2.45) is 11.7 Å². The van der Waals surface area contributed by atoms with E-state index in [1.807, 2.05) is 0 Å². The van der Waals surface area contributed by atoms with Crippen LogP contribution >= 0.6 is 0 Å². The first kappa shape index (κ1) is 16.1. The summed E-state index contributed by atoms with van der Waals surface area (Å²) in [7, 11) is 0. The molecule has 1 aliphatic rings. The lowest BCUT2D eigenvalue weighted by molar-refractivity contribution is -0.148. The van der Waals surface area contributed by atoms with Crippen molar-refractivity contribution < 1.29 is 22.7 Å².